The van der Waals surface area contributed by atoms with Crippen LogP contribution in [0.2, 0.25) is 0 Å². The number of nitrogens with one attached hydrogen (secondary N) is 2. The van der Waals surface area contributed by atoms with Gasteiger partial charge in [0.1, 0.15) is 0 Å². The van der Waals surface area contributed by atoms with E-state index in [-0.39, 0.29) is 11.3 Å². The van der Waals surface area contributed by atoms with Crippen molar-refractivity contribution in [2.24, 2.45) is 0 Å². The van der Waals surface area contributed by atoms with Gasteiger partial charge in [0.25, 0.3) is 10.0 Å². The fourth-order valence-corrected chi connectivity index (χ4v) is 2.36. The van der Waals surface area contributed by atoms with Crippen molar-refractivity contribution >= 4 is 31.9 Å². The van der Waals surface area contributed by atoms with E-state index in [4.69, 9.17) is 0 Å². The Kier molecular flexibility index (Phi) is 4.45. The van der Waals surface area contributed by atoms with Crippen molar-refractivity contribution in [2.75, 3.05) is 0 Å². The predicted molar refractivity (Wildman–Crippen MR) is 62.9 cm³/mol. The Labute approximate surface area is 102 Å². The molecule has 0 fully saturated rings. The number of carbonyl (C=O) groups is 1. The van der Waals surface area contributed by atoms with Gasteiger partial charge < -0.3 is 0 Å². The van der Waals surface area contributed by atoms with Crippen LogP contribution in [0, 0.1) is 0 Å². The third-order valence-electron chi connectivity index (χ3n) is 1.75. The van der Waals surface area contributed by atoms with E-state index in [1.807, 2.05) is 4.83 Å². The average Bonchev–Trinajstić information content (AvgIpc) is 2.26. The topological polar surface area (TPSA) is 75.3 Å². The smallest absolute Gasteiger partial charge is 0.257 e. The first-order valence-electron chi connectivity index (χ1n) is 4.52. The third kappa shape index (κ3) is 3.58. The van der Waals surface area contributed by atoms with E-state index in [2.05, 4.69) is 21.4 Å². The summed E-state index contributed by atoms with van der Waals surface area (Å²) in [6, 6.07) is 6.19. The molecular weight excluding hydrogens is 296 g/mol. The highest BCUT2D eigenvalue weighted by Gasteiger charge is 2.14. The number of halogens is 1. The van der Waals surface area contributed by atoms with Gasteiger partial charge in [-0.25, -0.2) is 8.42 Å². The maximum atomic E-state index is 11.7. The molecule has 2 N–H and O–H groups in total. The second-order valence-electron chi connectivity index (χ2n) is 2.96. The molecule has 0 aromatic heterocycles. The highest BCUT2D eigenvalue weighted by Crippen LogP contribution is 2.15. The molecule has 0 heterocycles. The van der Waals surface area contributed by atoms with Crippen LogP contribution in [0.25, 0.3) is 0 Å². The van der Waals surface area contributed by atoms with Crippen LogP contribution in [0.5, 0.6) is 0 Å². The average molecular weight is 307 g/mol. The van der Waals surface area contributed by atoms with Gasteiger partial charge in [-0.05, 0) is 18.2 Å². The van der Waals surface area contributed by atoms with Crippen LogP contribution >= 0.6 is 15.9 Å². The minimum Gasteiger partial charge on any atom is -0.278 e. The molecule has 5 nitrogen and oxygen atoms in total. The summed E-state index contributed by atoms with van der Waals surface area (Å²) >= 11 is 3.17. The zero-order valence-electron chi connectivity index (χ0n) is 8.53. The largest absolute Gasteiger partial charge is 0.278 e. The number of hydrogen-bond acceptors (Lipinski definition) is 3. The fraction of sp³-hybridized carbons (Fsp3) is 0.222. The SMILES string of the molecule is CCC(=O)NNS(=O)(=O)c1cccc(Br)c1. The molecule has 0 saturated carbocycles. The fourth-order valence-electron chi connectivity index (χ4n) is 0.906. The Morgan fingerprint density at radius 2 is 2.12 bits per heavy atom. The molecule has 0 spiro atoms. The van der Waals surface area contributed by atoms with E-state index in [9.17, 15) is 13.2 Å². The third-order valence-corrected chi connectivity index (χ3v) is 3.49. The van der Waals surface area contributed by atoms with Crippen molar-refractivity contribution < 1.29 is 13.2 Å². The van der Waals surface area contributed by atoms with E-state index < -0.39 is 15.9 Å². The molecule has 1 amide bonds. The van der Waals surface area contributed by atoms with Crippen LogP contribution in [0.1, 0.15) is 13.3 Å². The lowest BCUT2D eigenvalue weighted by molar-refractivity contribution is -0.121. The molecule has 0 aliphatic carbocycles. The number of benzene rings is 1. The van der Waals surface area contributed by atoms with Crippen LogP contribution in [-0.4, -0.2) is 14.3 Å². The summed E-state index contributed by atoms with van der Waals surface area (Å²) in [7, 11) is -3.70. The van der Waals surface area contributed by atoms with Crippen LogP contribution in [-0.2, 0) is 14.8 Å². The lowest BCUT2D eigenvalue weighted by Crippen LogP contribution is -2.41. The molecule has 0 aliphatic heterocycles. The van der Waals surface area contributed by atoms with E-state index >= 15 is 0 Å². The maximum absolute atomic E-state index is 11.7. The first kappa shape index (κ1) is 13.1. The summed E-state index contributed by atoms with van der Waals surface area (Å²) in [4.78, 5) is 13.0. The standard InChI is InChI=1S/C9H11BrN2O3S/c1-2-9(13)11-12-16(14,15)8-5-3-4-7(10)6-8/h3-6,12H,2H2,1H3,(H,11,13). The molecule has 0 saturated heterocycles. The van der Waals surface area contributed by atoms with Gasteiger partial charge in [0.15, 0.2) is 0 Å². The second kappa shape index (κ2) is 5.42. The molecule has 1 aromatic rings. The molecule has 0 bridgehead atoms. The predicted octanol–water partition coefficient (Wildman–Crippen LogP) is 1.17. The molecule has 1 aromatic carbocycles. The number of sulfonamides is 1. The van der Waals surface area contributed by atoms with Gasteiger partial charge in [0.2, 0.25) is 5.91 Å². The Morgan fingerprint density at radius 3 is 2.69 bits per heavy atom. The molecule has 88 valence electrons. The second-order valence-corrected chi connectivity index (χ2v) is 5.56. The van der Waals surface area contributed by atoms with Crippen LogP contribution in [0.3, 0.4) is 0 Å². The lowest BCUT2D eigenvalue weighted by atomic mass is 10.4. The summed E-state index contributed by atoms with van der Waals surface area (Å²) < 4.78 is 24.0. The number of hydrazine groups is 1. The van der Waals surface area contributed by atoms with Gasteiger partial charge in [0.05, 0.1) is 4.90 Å². The van der Waals surface area contributed by atoms with Crippen molar-refractivity contribution in [3.05, 3.63) is 28.7 Å². The highest BCUT2D eigenvalue weighted by atomic mass is 79.9. The van der Waals surface area contributed by atoms with Gasteiger partial charge in [-0.3, -0.25) is 10.2 Å². The van der Waals surface area contributed by atoms with Crippen molar-refractivity contribution in [1.29, 1.82) is 0 Å². The lowest BCUT2D eigenvalue weighted by Gasteiger charge is -2.07. The number of carbonyl (C=O) groups excluding carboxylic acids is 1. The number of amides is 1. The van der Waals surface area contributed by atoms with Gasteiger partial charge >= 0.3 is 0 Å². The van der Waals surface area contributed by atoms with Gasteiger partial charge in [-0.1, -0.05) is 28.9 Å². The quantitative estimate of drug-likeness (QED) is 0.820. The van der Waals surface area contributed by atoms with E-state index in [1.54, 1.807) is 19.1 Å². The summed E-state index contributed by atoms with van der Waals surface area (Å²) in [6.07, 6.45) is 0.209. The zero-order chi connectivity index (χ0) is 12.2. The number of rotatable bonds is 4. The first-order chi connectivity index (χ1) is 7.45. The molecule has 16 heavy (non-hydrogen) atoms. The van der Waals surface area contributed by atoms with Crippen molar-refractivity contribution in [3.8, 4) is 0 Å². The first-order valence-corrected chi connectivity index (χ1v) is 6.79. The van der Waals surface area contributed by atoms with Gasteiger partial charge in [0, 0.05) is 10.9 Å². The molecule has 0 atom stereocenters. The normalized spacial score (nSPS) is 11.1. The van der Waals surface area contributed by atoms with E-state index in [1.165, 1.54) is 12.1 Å². The molecule has 1 rings (SSSR count). The number of hydrogen-bond donors (Lipinski definition) is 2. The van der Waals surface area contributed by atoms with E-state index in [0.29, 0.717) is 4.47 Å². The Morgan fingerprint density at radius 1 is 1.44 bits per heavy atom. The van der Waals surface area contributed by atoms with Crippen molar-refractivity contribution in [2.45, 2.75) is 18.2 Å². The van der Waals surface area contributed by atoms with Crippen LogP contribution in [0.4, 0.5) is 0 Å². The van der Waals surface area contributed by atoms with Crippen molar-refractivity contribution in [3.63, 3.8) is 0 Å². The molecule has 0 aliphatic rings. The Balaban J connectivity index is 2.82. The monoisotopic (exact) mass is 306 g/mol. The maximum Gasteiger partial charge on any atom is 0.257 e. The van der Waals surface area contributed by atoms with Crippen LogP contribution in [0.15, 0.2) is 33.6 Å². The molecule has 0 unspecified atom stereocenters. The van der Waals surface area contributed by atoms with Gasteiger partial charge in [-0.2, -0.15) is 0 Å². The van der Waals surface area contributed by atoms with E-state index in [0.717, 1.165) is 0 Å². The summed E-state index contributed by atoms with van der Waals surface area (Å²) in [5.74, 6) is -0.390. The highest BCUT2D eigenvalue weighted by molar-refractivity contribution is 9.10. The Bertz CT molecular complexity index is 487. The molecule has 0 radical (unpaired) electrons. The van der Waals surface area contributed by atoms with Crippen LogP contribution < -0.4 is 10.3 Å². The summed E-state index contributed by atoms with van der Waals surface area (Å²) in [5, 5.41) is 0. The van der Waals surface area contributed by atoms with Gasteiger partial charge in [-0.15, -0.1) is 4.83 Å². The minimum atomic E-state index is -3.70. The molecular formula is C9H11BrN2O3S. The zero-order valence-corrected chi connectivity index (χ0v) is 10.9. The summed E-state index contributed by atoms with van der Waals surface area (Å²) in [6.45, 7) is 1.63. The molecule has 7 heteroatoms. The minimum absolute atomic E-state index is 0.0817. The summed E-state index contributed by atoms with van der Waals surface area (Å²) in [5.41, 5.74) is 2.10. The van der Waals surface area contributed by atoms with Crippen molar-refractivity contribution in [1.82, 2.24) is 10.3 Å². The Hall–Kier alpha value is -0.920.